The van der Waals surface area contributed by atoms with Crippen molar-refractivity contribution in [2.75, 3.05) is 24.8 Å². The van der Waals surface area contributed by atoms with Crippen molar-refractivity contribution in [1.29, 1.82) is 0 Å². The van der Waals surface area contributed by atoms with Gasteiger partial charge in [-0.3, -0.25) is 25.2 Å². The Morgan fingerprint density at radius 1 is 0.929 bits per heavy atom. The summed E-state index contributed by atoms with van der Waals surface area (Å²) in [5.41, 5.74) is 1.39. The molecule has 1 N–H and O–H groups in total. The van der Waals surface area contributed by atoms with Gasteiger partial charge in [-0.15, -0.1) is 23.2 Å². The number of benzene rings is 2. The molecule has 0 heterocycles. The van der Waals surface area contributed by atoms with E-state index in [1.807, 2.05) is 0 Å². The average Bonchev–Trinajstić information content (AvgIpc) is 2.69. The number of rotatable bonds is 9. The van der Waals surface area contributed by atoms with E-state index in [1.54, 1.807) is 36.4 Å². The van der Waals surface area contributed by atoms with E-state index in [4.69, 9.17) is 23.2 Å². The zero-order chi connectivity index (χ0) is 20.8. The molecule has 0 spiro atoms. The highest BCUT2D eigenvalue weighted by molar-refractivity contribution is 6.18. The smallest absolute Gasteiger partial charge is 0.278 e. The van der Waals surface area contributed by atoms with E-state index in [-0.39, 0.29) is 16.3 Å². The van der Waals surface area contributed by atoms with Crippen LogP contribution in [-0.4, -0.2) is 40.9 Å². The normalized spacial score (nSPS) is 10.4. The van der Waals surface area contributed by atoms with Crippen molar-refractivity contribution in [2.24, 2.45) is 4.99 Å². The first kappa shape index (κ1) is 23.5. The zero-order valence-corrected chi connectivity index (χ0v) is 16.5. The molecule has 0 radical (unpaired) electrons. The van der Waals surface area contributed by atoms with Crippen LogP contribution in [0.1, 0.15) is 11.1 Å². The molecule has 8 nitrogen and oxygen atoms in total. The second-order valence-electron chi connectivity index (χ2n) is 5.29. The predicted octanol–water partition coefficient (Wildman–Crippen LogP) is 4.18. The number of aliphatic imine (C=N–C) groups is 1. The van der Waals surface area contributed by atoms with Crippen LogP contribution in [0.15, 0.2) is 53.5 Å². The average molecular weight is 427 g/mol. The molecule has 28 heavy (non-hydrogen) atoms. The second kappa shape index (κ2) is 13.6. The molecule has 2 aromatic carbocycles. The third kappa shape index (κ3) is 8.43. The first-order valence-electron chi connectivity index (χ1n) is 8.29. The molecule has 0 saturated carbocycles. The topological polar surface area (TPSA) is 111 Å². The zero-order valence-electron chi connectivity index (χ0n) is 15.0. The highest BCUT2D eigenvalue weighted by Gasteiger charge is 2.11. The van der Waals surface area contributed by atoms with Crippen LogP contribution in [0.25, 0.3) is 0 Å². The summed E-state index contributed by atoms with van der Waals surface area (Å²) in [7, 11) is 0. The second-order valence-corrected chi connectivity index (χ2v) is 6.05. The fraction of sp³-hybridized carbons (Fsp3) is 0.278. The van der Waals surface area contributed by atoms with E-state index in [2.05, 4.69) is 10.3 Å². The Morgan fingerprint density at radius 2 is 1.54 bits per heavy atom. The van der Waals surface area contributed by atoms with Crippen LogP contribution in [0, 0.1) is 20.2 Å². The fourth-order valence-electron chi connectivity index (χ4n) is 2.10. The molecule has 2 aromatic rings. The Morgan fingerprint density at radius 3 is 2.14 bits per heavy atom. The van der Waals surface area contributed by atoms with E-state index in [9.17, 15) is 20.2 Å². The Kier molecular flexibility index (Phi) is 11.4. The van der Waals surface area contributed by atoms with Crippen LogP contribution in [0.4, 0.5) is 11.4 Å². The quantitative estimate of drug-likeness (QED) is 0.212. The number of halogens is 2. The predicted molar refractivity (Wildman–Crippen MR) is 112 cm³/mol. The van der Waals surface area contributed by atoms with Gasteiger partial charge in [0.15, 0.2) is 0 Å². The summed E-state index contributed by atoms with van der Waals surface area (Å²) in [6, 6.07) is 13.1. The molecule has 10 heteroatoms. The standard InChI is InChI=1S/C9H11ClN2O2.C9H9ClN2O2/c2*10-5-6-11-7-8-3-1-2-4-9(8)12(13)14/h1-4,11H,5-7H2;1-4,7H,5-6H2. The molecule has 0 bridgehead atoms. The van der Waals surface area contributed by atoms with Crippen molar-refractivity contribution in [3.63, 3.8) is 0 Å². The summed E-state index contributed by atoms with van der Waals surface area (Å²) in [6.07, 6.45) is 1.47. The van der Waals surface area contributed by atoms with Crippen LogP contribution in [0.3, 0.4) is 0 Å². The van der Waals surface area contributed by atoms with Gasteiger partial charge >= 0.3 is 0 Å². The molecule has 0 aliphatic carbocycles. The van der Waals surface area contributed by atoms with Crippen molar-refractivity contribution < 1.29 is 9.85 Å². The molecule has 150 valence electrons. The molecule has 0 aromatic heterocycles. The molecular formula is C18H20Cl2N4O4. The molecule has 0 aliphatic heterocycles. The summed E-state index contributed by atoms with van der Waals surface area (Å²) < 4.78 is 0. The van der Waals surface area contributed by atoms with Crippen LogP contribution in [0.2, 0.25) is 0 Å². The largest absolute Gasteiger partial charge is 0.311 e. The number of alkyl halides is 2. The van der Waals surface area contributed by atoms with E-state index < -0.39 is 4.92 Å². The SMILES string of the molecule is O=[N+]([O-])c1ccccc1C=NCCCl.O=[N+]([O-])c1ccccc1CNCCCl. The summed E-state index contributed by atoms with van der Waals surface area (Å²) in [5, 5.41) is 24.2. The van der Waals surface area contributed by atoms with Crippen LogP contribution in [0.5, 0.6) is 0 Å². The fourth-order valence-corrected chi connectivity index (χ4v) is 2.33. The summed E-state index contributed by atoms with van der Waals surface area (Å²) in [6.45, 7) is 1.59. The summed E-state index contributed by atoms with van der Waals surface area (Å²) >= 11 is 10.9. The lowest BCUT2D eigenvalue weighted by Gasteiger charge is -2.03. The van der Waals surface area contributed by atoms with Crippen molar-refractivity contribution in [2.45, 2.75) is 6.54 Å². The highest BCUT2D eigenvalue weighted by atomic mass is 35.5. The van der Waals surface area contributed by atoms with Gasteiger partial charge in [-0.1, -0.05) is 30.3 Å². The lowest BCUT2D eigenvalue weighted by Crippen LogP contribution is -2.16. The molecule has 0 saturated heterocycles. The number of hydrogen-bond acceptors (Lipinski definition) is 6. The molecule has 0 atom stereocenters. The van der Waals surface area contributed by atoms with E-state index in [0.29, 0.717) is 42.5 Å². The number of hydrogen-bond donors (Lipinski definition) is 1. The Hall–Kier alpha value is -2.55. The molecule has 0 aliphatic rings. The molecule has 0 amide bonds. The Labute approximate surface area is 172 Å². The monoisotopic (exact) mass is 426 g/mol. The molecule has 0 unspecified atom stereocenters. The number of para-hydroxylation sites is 2. The number of nitrogens with one attached hydrogen (secondary N) is 1. The summed E-state index contributed by atoms with van der Waals surface area (Å²) in [4.78, 5) is 24.3. The van der Waals surface area contributed by atoms with Crippen LogP contribution < -0.4 is 5.32 Å². The minimum absolute atomic E-state index is 0.0609. The van der Waals surface area contributed by atoms with Gasteiger partial charge in [0.05, 0.1) is 22.0 Å². The first-order chi connectivity index (χ1) is 13.5. The third-order valence-electron chi connectivity index (χ3n) is 3.35. The van der Waals surface area contributed by atoms with Crippen molar-refractivity contribution in [1.82, 2.24) is 5.32 Å². The van der Waals surface area contributed by atoms with Gasteiger partial charge in [0, 0.05) is 48.8 Å². The molecule has 0 fully saturated rings. The Balaban J connectivity index is 0.000000280. The van der Waals surface area contributed by atoms with E-state index >= 15 is 0 Å². The summed E-state index contributed by atoms with van der Waals surface area (Å²) in [5.74, 6) is 0.914. The minimum atomic E-state index is -0.429. The Bertz CT molecular complexity index is 803. The minimum Gasteiger partial charge on any atom is -0.311 e. The number of nitro groups is 2. The molecular weight excluding hydrogens is 407 g/mol. The van der Waals surface area contributed by atoms with Crippen LogP contribution in [-0.2, 0) is 6.54 Å². The van der Waals surface area contributed by atoms with Crippen molar-refractivity contribution >= 4 is 40.8 Å². The molecule has 2 rings (SSSR count). The van der Waals surface area contributed by atoms with Gasteiger partial charge in [0.1, 0.15) is 0 Å². The lowest BCUT2D eigenvalue weighted by atomic mass is 10.2. The maximum atomic E-state index is 10.6. The van der Waals surface area contributed by atoms with Gasteiger partial charge < -0.3 is 5.32 Å². The van der Waals surface area contributed by atoms with Gasteiger partial charge in [0.2, 0.25) is 0 Å². The number of nitro benzene ring substituents is 2. The van der Waals surface area contributed by atoms with E-state index in [0.717, 1.165) is 0 Å². The highest BCUT2D eigenvalue weighted by Crippen LogP contribution is 2.17. The van der Waals surface area contributed by atoms with Gasteiger partial charge in [-0.25, -0.2) is 0 Å². The lowest BCUT2D eigenvalue weighted by molar-refractivity contribution is -0.385. The van der Waals surface area contributed by atoms with Crippen LogP contribution >= 0.6 is 23.2 Å². The van der Waals surface area contributed by atoms with Crippen molar-refractivity contribution in [3.05, 3.63) is 79.9 Å². The van der Waals surface area contributed by atoms with Gasteiger partial charge in [-0.05, 0) is 6.07 Å². The maximum absolute atomic E-state index is 10.6. The maximum Gasteiger partial charge on any atom is 0.278 e. The van der Waals surface area contributed by atoms with E-state index in [1.165, 1.54) is 18.3 Å². The third-order valence-corrected chi connectivity index (χ3v) is 3.71. The number of nitrogens with zero attached hydrogens (tertiary/aromatic N) is 3. The van der Waals surface area contributed by atoms with Gasteiger partial charge in [0.25, 0.3) is 11.4 Å². The first-order valence-corrected chi connectivity index (χ1v) is 9.36. The van der Waals surface area contributed by atoms with Crippen molar-refractivity contribution in [3.8, 4) is 0 Å². The van der Waals surface area contributed by atoms with Gasteiger partial charge in [-0.2, -0.15) is 0 Å².